The zero-order chi connectivity index (χ0) is 21.5. The average molecular weight is 431 g/mol. The van der Waals surface area contributed by atoms with Crippen LogP contribution in [0.2, 0.25) is 0 Å². The molecule has 32 heavy (non-hydrogen) atoms. The molecule has 1 N–H and O–H groups in total. The van der Waals surface area contributed by atoms with Gasteiger partial charge in [0.25, 0.3) is 0 Å². The first-order valence-electron chi connectivity index (χ1n) is 10.4. The van der Waals surface area contributed by atoms with Crippen LogP contribution < -0.4 is 0 Å². The van der Waals surface area contributed by atoms with Gasteiger partial charge >= 0.3 is 0 Å². The second-order valence-electron chi connectivity index (χ2n) is 7.65. The van der Waals surface area contributed by atoms with Crippen LogP contribution in [0.25, 0.3) is 53.9 Å². The Kier molecular flexibility index (Phi) is 4.44. The lowest BCUT2D eigenvalue weighted by Gasteiger charge is -2.11. The molecule has 6 rings (SSSR count). The van der Waals surface area contributed by atoms with E-state index in [1.807, 2.05) is 42.6 Å². The molecule has 0 aliphatic heterocycles. The highest BCUT2D eigenvalue weighted by atomic mass is 32.1. The van der Waals surface area contributed by atoms with E-state index in [4.69, 9.17) is 4.98 Å². The number of nitrogens with zero attached hydrogens (tertiary/aromatic N) is 2. The summed E-state index contributed by atoms with van der Waals surface area (Å²) in [5.74, 6) is 0.246. The molecule has 3 nitrogen and oxygen atoms in total. The SMILES string of the molecule is Oc1ccccc1-c1nc2c(-c3cc(-c4ccccn4)cc4ccccc34)cccc2s1. The molecule has 0 aliphatic carbocycles. The van der Waals surface area contributed by atoms with Crippen LogP contribution in [0.15, 0.2) is 103 Å². The molecule has 0 amide bonds. The topological polar surface area (TPSA) is 46.0 Å². The molecule has 4 aromatic carbocycles. The number of benzene rings is 4. The number of aromatic nitrogens is 2. The zero-order valence-corrected chi connectivity index (χ0v) is 17.9. The highest BCUT2D eigenvalue weighted by Gasteiger charge is 2.16. The molecule has 0 bridgehead atoms. The quantitative estimate of drug-likeness (QED) is 0.315. The fourth-order valence-electron chi connectivity index (χ4n) is 4.15. The average Bonchev–Trinajstić information content (AvgIpc) is 3.28. The van der Waals surface area contributed by atoms with Gasteiger partial charge in [-0.3, -0.25) is 4.98 Å². The number of aromatic hydroxyl groups is 1. The Morgan fingerprint density at radius 1 is 0.688 bits per heavy atom. The Hall–Kier alpha value is -4.02. The largest absolute Gasteiger partial charge is 0.507 e. The van der Waals surface area contributed by atoms with E-state index in [0.717, 1.165) is 43.2 Å². The maximum absolute atomic E-state index is 10.3. The predicted octanol–water partition coefficient (Wildman–Crippen LogP) is 7.55. The van der Waals surface area contributed by atoms with E-state index in [9.17, 15) is 5.11 Å². The van der Waals surface area contributed by atoms with Gasteiger partial charge in [-0.15, -0.1) is 11.3 Å². The Morgan fingerprint density at radius 3 is 2.38 bits per heavy atom. The van der Waals surface area contributed by atoms with Crippen LogP contribution in [0.5, 0.6) is 5.75 Å². The summed E-state index contributed by atoms with van der Waals surface area (Å²) in [5.41, 5.74) is 5.93. The van der Waals surface area contributed by atoms with E-state index >= 15 is 0 Å². The van der Waals surface area contributed by atoms with Crippen molar-refractivity contribution in [3.05, 3.63) is 103 Å². The summed E-state index contributed by atoms with van der Waals surface area (Å²) >= 11 is 1.60. The summed E-state index contributed by atoms with van der Waals surface area (Å²) < 4.78 is 1.09. The van der Waals surface area contributed by atoms with Crippen LogP contribution in [0, 0.1) is 0 Å². The minimum Gasteiger partial charge on any atom is -0.507 e. The van der Waals surface area contributed by atoms with Crippen LogP contribution >= 0.6 is 11.3 Å². The summed E-state index contributed by atoms with van der Waals surface area (Å²) in [6.45, 7) is 0. The molecule has 0 spiro atoms. The molecule has 6 aromatic rings. The third kappa shape index (κ3) is 3.13. The standard InChI is InChI=1S/C28H18N2OS/c31-25-13-4-3-10-22(25)28-30-27-21(11-7-14-26(27)32-28)23-17-19(24-12-5-6-15-29-24)16-18-8-1-2-9-20(18)23/h1-17,31H. The molecule has 0 saturated heterocycles. The molecule has 0 atom stereocenters. The van der Waals surface area contributed by atoms with Crippen molar-refractivity contribution >= 4 is 32.3 Å². The fraction of sp³-hybridized carbons (Fsp3) is 0. The van der Waals surface area contributed by atoms with Gasteiger partial charge in [-0.2, -0.15) is 0 Å². The van der Waals surface area contributed by atoms with E-state index in [1.54, 1.807) is 17.4 Å². The van der Waals surface area contributed by atoms with Gasteiger partial charge < -0.3 is 5.11 Å². The Labute approximate surface area is 189 Å². The number of phenols is 1. The number of rotatable bonds is 3. The number of fused-ring (bicyclic) bond motifs is 2. The molecular weight excluding hydrogens is 412 g/mol. The van der Waals surface area contributed by atoms with Gasteiger partial charge in [0, 0.05) is 17.3 Å². The van der Waals surface area contributed by atoms with Crippen LogP contribution in [0.4, 0.5) is 0 Å². The molecule has 0 unspecified atom stereocenters. The highest BCUT2D eigenvalue weighted by Crippen LogP contribution is 2.41. The first-order valence-corrected chi connectivity index (χ1v) is 11.2. The zero-order valence-electron chi connectivity index (χ0n) is 17.1. The first-order chi connectivity index (χ1) is 15.8. The molecular formula is C28H18N2OS. The van der Waals surface area contributed by atoms with Crippen molar-refractivity contribution in [2.24, 2.45) is 0 Å². The maximum Gasteiger partial charge on any atom is 0.128 e. The van der Waals surface area contributed by atoms with Crippen molar-refractivity contribution in [2.45, 2.75) is 0 Å². The number of para-hydroxylation sites is 2. The smallest absolute Gasteiger partial charge is 0.128 e. The molecule has 2 aromatic heterocycles. The fourth-order valence-corrected chi connectivity index (χ4v) is 5.18. The lowest BCUT2D eigenvalue weighted by Crippen LogP contribution is -1.88. The lowest BCUT2D eigenvalue weighted by atomic mass is 9.94. The van der Waals surface area contributed by atoms with Crippen molar-refractivity contribution in [3.8, 4) is 38.7 Å². The monoisotopic (exact) mass is 430 g/mol. The minimum absolute atomic E-state index is 0.246. The van der Waals surface area contributed by atoms with Gasteiger partial charge in [-0.1, -0.05) is 54.6 Å². The Bertz CT molecular complexity index is 1590. The normalized spacial score (nSPS) is 11.2. The number of thiazole rings is 1. The molecule has 2 heterocycles. The predicted molar refractivity (Wildman–Crippen MR) is 133 cm³/mol. The Morgan fingerprint density at radius 2 is 1.50 bits per heavy atom. The lowest BCUT2D eigenvalue weighted by molar-refractivity contribution is 0.477. The Balaban J connectivity index is 1.62. The molecule has 152 valence electrons. The molecule has 0 aliphatic rings. The summed E-state index contributed by atoms with van der Waals surface area (Å²) in [6, 6.07) is 32.4. The van der Waals surface area contributed by atoms with Crippen LogP contribution in [0.3, 0.4) is 0 Å². The van der Waals surface area contributed by atoms with Crippen molar-refractivity contribution < 1.29 is 5.11 Å². The van der Waals surface area contributed by atoms with Gasteiger partial charge in [-0.25, -0.2) is 4.98 Å². The van der Waals surface area contributed by atoms with Gasteiger partial charge in [0.05, 0.1) is 21.5 Å². The van der Waals surface area contributed by atoms with E-state index in [0.29, 0.717) is 0 Å². The summed E-state index contributed by atoms with van der Waals surface area (Å²) in [5, 5.41) is 13.5. The molecule has 4 heteroatoms. The highest BCUT2D eigenvalue weighted by molar-refractivity contribution is 7.21. The van der Waals surface area contributed by atoms with Crippen molar-refractivity contribution in [3.63, 3.8) is 0 Å². The van der Waals surface area contributed by atoms with Crippen molar-refractivity contribution in [1.82, 2.24) is 9.97 Å². The second kappa shape index (κ2) is 7.59. The van der Waals surface area contributed by atoms with Gasteiger partial charge in [0.2, 0.25) is 0 Å². The minimum atomic E-state index is 0.246. The number of hydrogen-bond donors (Lipinski definition) is 1. The number of phenolic OH excluding ortho intramolecular Hbond substituents is 1. The van der Waals surface area contributed by atoms with Crippen LogP contribution in [-0.4, -0.2) is 15.1 Å². The van der Waals surface area contributed by atoms with Crippen molar-refractivity contribution in [2.75, 3.05) is 0 Å². The van der Waals surface area contributed by atoms with Crippen LogP contribution in [-0.2, 0) is 0 Å². The van der Waals surface area contributed by atoms with E-state index in [-0.39, 0.29) is 5.75 Å². The number of hydrogen-bond acceptors (Lipinski definition) is 4. The van der Waals surface area contributed by atoms with E-state index < -0.39 is 0 Å². The molecule has 0 fully saturated rings. The third-order valence-corrected chi connectivity index (χ3v) is 6.72. The first kappa shape index (κ1) is 18.7. The second-order valence-corrected chi connectivity index (χ2v) is 8.68. The summed E-state index contributed by atoms with van der Waals surface area (Å²) in [7, 11) is 0. The number of pyridine rings is 1. The van der Waals surface area contributed by atoms with E-state index in [2.05, 4.69) is 59.6 Å². The summed E-state index contributed by atoms with van der Waals surface area (Å²) in [6.07, 6.45) is 1.82. The molecule has 0 radical (unpaired) electrons. The van der Waals surface area contributed by atoms with E-state index in [1.165, 1.54) is 10.8 Å². The third-order valence-electron chi connectivity index (χ3n) is 5.67. The van der Waals surface area contributed by atoms with Gasteiger partial charge in [0.15, 0.2) is 0 Å². The van der Waals surface area contributed by atoms with Gasteiger partial charge in [-0.05, 0) is 58.8 Å². The van der Waals surface area contributed by atoms with Gasteiger partial charge in [0.1, 0.15) is 10.8 Å². The van der Waals surface area contributed by atoms with Crippen LogP contribution in [0.1, 0.15) is 0 Å². The van der Waals surface area contributed by atoms with Crippen molar-refractivity contribution in [1.29, 1.82) is 0 Å². The maximum atomic E-state index is 10.3. The summed E-state index contributed by atoms with van der Waals surface area (Å²) in [4.78, 5) is 9.54. The molecule has 0 saturated carbocycles.